The average Bonchev–Trinajstić information content (AvgIpc) is 3.27. The van der Waals surface area contributed by atoms with Gasteiger partial charge in [-0.05, 0) is 139 Å². The van der Waals surface area contributed by atoms with E-state index in [0.29, 0.717) is 0 Å². The maximum Gasteiger partial charge on any atom is 0.0492 e. The van der Waals surface area contributed by atoms with E-state index in [2.05, 4.69) is 205 Å². The molecule has 0 saturated carbocycles. The zero-order chi connectivity index (χ0) is 41.4. The lowest BCUT2D eigenvalue weighted by Crippen LogP contribution is -2.11. The molecule has 0 aliphatic carbocycles. The van der Waals surface area contributed by atoms with Crippen molar-refractivity contribution in [2.45, 2.75) is 52.4 Å². The normalized spacial score (nSPS) is 11.8. The van der Waals surface area contributed by atoms with Crippen LogP contribution in [0.2, 0.25) is 0 Å². The molecular formula is C54H48N6. The fraction of sp³-hybridized carbons (Fsp3) is 0.148. The van der Waals surface area contributed by atoms with E-state index in [-0.39, 0.29) is 10.8 Å². The first kappa shape index (κ1) is 38.3. The Labute approximate surface area is 352 Å². The Morgan fingerprint density at radius 3 is 0.850 bits per heavy atom. The standard InChI is InChI=1S/C54H48N6/c1-53(2,3)39-11-7-37(8-12-39)51-47-17-15-46(60(43-23-31-57-32-24-43)44-25-33-58-34-26-44)36-50(47)52(38-9-13-40(14-10-38)54(4,5)6)48-18-16-45(35-49(48)51)59(41-19-27-55-28-20-41)42-21-29-56-30-22-42/h7-36H,1-6H3. The molecule has 6 nitrogen and oxygen atoms in total. The zero-order valence-electron chi connectivity index (χ0n) is 35.0. The van der Waals surface area contributed by atoms with Crippen LogP contribution in [0.4, 0.5) is 34.1 Å². The molecular weight excluding hydrogens is 733 g/mol. The smallest absolute Gasteiger partial charge is 0.0492 e. The van der Waals surface area contributed by atoms with Crippen molar-refractivity contribution in [1.82, 2.24) is 19.9 Å². The van der Waals surface area contributed by atoms with E-state index in [4.69, 9.17) is 0 Å². The highest BCUT2D eigenvalue weighted by atomic mass is 15.1. The van der Waals surface area contributed by atoms with Crippen molar-refractivity contribution in [3.63, 3.8) is 0 Å². The lowest BCUT2D eigenvalue weighted by Gasteiger charge is -2.28. The summed E-state index contributed by atoms with van der Waals surface area (Å²) in [6, 6.07) is 48.7. The Bertz CT molecular complexity index is 2620. The van der Waals surface area contributed by atoms with Gasteiger partial charge in [0.05, 0.1) is 0 Å². The first-order valence-corrected chi connectivity index (χ1v) is 20.5. The SMILES string of the molecule is CC(C)(C)c1ccc(-c2c3ccc(N(c4ccncc4)c4ccncc4)cc3c(-c3ccc(C(C)(C)C)cc3)c3ccc(N(c4ccncc4)c4ccncc4)cc23)cc1. The molecule has 0 aliphatic rings. The van der Waals surface area contributed by atoms with Gasteiger partial charge in [-0.3, -0.25) is 19.9 Å². The van der Waals surface area contributed by atoms with Gasteiger partial charge in [0.25, 0.3) is 0 Å². The predicted octanol–water partition coefficient (Wildman–Crippen LogP) is 14.4. The first-order valence-electron chi connectivity index (χ1n) is 20.5. The zero-order valence-corrected chi connectivity index (χ0v) is 35.0. The van der Waals surface area contributed by atoms with Gasteiger partial charge in [-0.1, -0.05) is 102 Å². The topological polar surface area (TPSA) is 58.0 Å². The second-order valence-corrected chi connectivity index (χ2v) is 17.4. The van der Waals surface area contributed by atoms with E-state index in [1.54, 1.807) is 0 Å². The Morgan fingerprint density at radius 2 is 0.583 bits per heavy atom. The molecule has 9 rings (SSSR count). The lowest BCUT2D eigenvalue weighted by atomic mass is 9.82. The Balaban J connectivity index is 1.39. The molecule has 0 spiro atoms. The minimum atomic E-state index is 0.0206. The Kier molecular flexibility index (Phi) is 9.93. The summed E-state index contributed by atoms with van der Waals surface area (Å²) in [7, 11) is 0. The molecule has 5 aromatic carbocycles. The number of benzene rings is 5. The quantitative estimate of drug-likeness (QED) is 0.143. The third-order valence-corrected chi connectivity index (χ3v) is 11.4. The van der Waals surface area contributed by atoms with Crippen LogP contribution in [0.3, 0.4) is 0 Å². The highest BCUT2D eigenvalue weighted by Crippen LogP contribution is 2.48. The first-order chi connectivity index (χ1) is 29.0. The van der Waals surface area contributed by atoms with Crippen LogP contribution in [0.15, 0.2) is 183 Å². The molecule has 0 amide bonds. The van der Waals surface area contributed by atoms with Crippen LogP contribution in [0.1, 0.15) is 52.7 Å². The van der Waals surface area contributed by atoms with Gasteiger partial charge in [0.2, 0.25) is 0 Å². The molecule has 0 bridgehead atoms. The van der Waals surface area contributed by atoms with E-state index in [9.17, 15) is 0 Å². The number of hydrogen-bond donors (Lipinski definition) is 0. The maximum absolute atomic E-state index is 4.35. The molecule has 0 N–H and O–H groups in total. The second kappa shape index (κ2) is 15.5. The van der Waals surface area contributed by atoms with Crippen molar-refractivity contribution in [1.29, 1.82) is 0 Å². The van der Waals surface area contributed by atoms with E-state index in [1.807, 2.05) is 49.6 Å². The highest BCUT2D eigenvalue weighted by molar-refractivity contribution is 6.22. The van der Waals surface area contributed by atoms with Gasteiger partial charge in [0.1, 0.15) is 0 Å². The number of hydrogen-bond acceptors (Lipinski definition) is 6. The molecule has 60 heavy (non-hydrogen) atoms. The number of rotatable bonds is 8. The average molecular weight is 781 g/mol. The van der Waals surface area contributed by atoms with E-state index >= 15 is 0 Å². The highest BCUT2D eigenvalue weighted by Gasteiger charge is 2.23. The molecule has 0 unspecified atom stereocenters. The lowest BCUT2D eigenvalue weighted by molar-refractivity contribution is 0.590. The third kappa shape index (κ3) is 7.37. The molecule has 0 atom stereocenters. The van der Waals surface area contributed by atoms with Gasteiger partial charge < -0.3 is 9.80 Å². The summed E-state index contributed by atoms with van der Waals surface area (Å²) in [6.45, 7) is 13.6. The monoisotopic (exact) mass is 780 g/mol. The van der Waals surface area contributed by atoms with Gasteiger partial charge in [-0.15, -0.1) is 0 Å². The van der Waals surface area contributed by atoms with Gasteiger partial charge in [0.15, 0.2) is 0 Å². The van der Waals surface area contributed by atoms with E-state index in [0.717, 1.165) is 45.3 Å². The van der Waals surface area contributed by atoms with E-state index in [1.165, 1.54) is 43.8 Å². The van der Waals surface area contributed by atoms with Crippen molar-refractivity contribution in [3.05, 3.63) is 194 Å². The van der Waals surface area contributed by atoms with Gasteiger partial charge in [-0.2, -0.15) is 0 Å². The van der Waals surface area contributed by atoms with E-state index < -0.39 is 0 Å². The molecule has 0 saturated heterocycles. The van der Waals surface area contributed by atoms with Crippen LogP contribution >= 0.6 is 0 Å². The minimum absolute atomic E-state index is 0.0206. The number of pyridine rings is 4. The number of anilines is 6. The molecule has 4 aromatic heterocycles. The van der Waals surface area contributed by atoms with Crippen LogP contribution in [0, 0.1) is 0 Å². The fourth-order valence-electron chi connectivity index (χ4n) is 8.25. The number of nitrogens with zero attached hydrogens (tertiary/aromatic N) is 6. The molecule has 0 aliphatic heterocycles. The van der Waals surface area contributed by atoms with Gasteiger partial charge >= 0.3 is 0 Å². The summed E-state index contributed by atoms with van der Waals surface area (Å²) in [4.78, 5) is 22.0. The summed E-state index contributed by atoms with van der Waals surface area (Å²) in [5.74, 6) is 0. The molecule has 0 fully saturated rings. The van der Waals surface area contributed by atoms with Crippen molar-refractivity contribution in [2.24, 2.45) is 0 Å². The van der Waals surface area contributed by atoms with Crippen molar-refractivity contribution >= 4 is 55.7 Å². The Hall–Kier alpha value is -7.18. The minimum Gasteiger partial charge on any atom is -0.310 e. The summed E-state index contributed by atoms with van der Waals surface area (Å²) < 4.78 is 0. The van der Waals surface area contributed by atoms with Crippen molar-refractivity contribution in [3.8, 4) is 22.3 Å². The summed E-state index contributed by atoms with van der Waals surface area (Å²) in [5, 5.41) is 4.68. The van der Waals surface area contributed by atoms with Gasteiger partial charge in [-0.25, -0.2) is 0 Å². The van der Waals surface area contributed by atoms with Crippen LogP contribution < -0.4 is 9.80 Å². The summed E-state index contributed by atoms with van der Waals surface area (Å²) in [5.41, 5.74) is 13.5. The Morgan fingerprint density at radius 1 is 0.300 bits per heavy atom. The summed E-state index contributed by atoms with van der Waals surface area (Å²) in [6.07, 6.45) is 14.8. The molecule has 6 heteroatoms. The third-order valence-electron chi connectivity index (χ3n) is 11.4. The van der Waals surface area contributed by atoms with Gasteiger partial charge in [0, 0.05) is 83.7 Å². The molecule has 9 aromatic rings. The van der Waals surface area contributed by atoms with Crippen LogP contribution in [0.25, 0.3) is 43.8 Å². The van der Waals surface area contributed by atoms with Crippen molar-refractivity contribution < 1.29 is 0 Å². The number of aromatic nitrogens is 4. The largest absolute Gasteiger partial charge is 0.310 e. The van der Waals surface area contributed by atoms with Crippen molar-refractivity contribution in [2.75, 3.05) is 9.80 Å². The van der Waals surface area contributed by atoms with Crippen LogP contribution in [-0.2, 0) is 10.8 Å². The fourth-order valence-corrected chi connectivity index (χ4v) is 8.25. The molecule has 294 valence electrons. The second-order valence-electron chi connectivity index (χ2n) is 17.4. The maximum atomic E-state index is 4.35. The molecule has 4 heterocycles. The number of fused-ring (bicyclic) bond motifs is 2. The van der Waals surface area contributed by atoms with Crippen LogP contribution in [0.5, 0.6) is 0 Å². The molecule has 0 radical (unpaired) electrons. The van der Waals surface area contributed by atoms with Crippen LogP contribution in [-0.4, -0.2) is 19.9 Å². The summed E-state index contributed by atoms with van der Waals surface area (Å²) >= 11 is 0. The predicted molar refractivity (Wildman–Crippen MR) is 250 cm³/mol.